The van der Waals surface area contributed by atoms with Crippen LogP contribution in [0.3, 0.4) is 0 Å². The average molecular weight is 328 g/mol. The minimum Gasteiger partial charge on any atom is -0.324 e. The Morgan fingerprint density at radius 2 is 2.17 bits per heavy atom. The second-order valence-corrected chi connectivity index (χ2v) is 7.22. The van der Waals surface area contributed by atoms with Gasteiger partial charge >= 0.3 is 0 Å². The van der Waals surface area contributed by atoms with E-state index >= 15 is 0 Å². The highest BCUT2D eigenvalue weighted by atomic mass is 32.1. The topological polar surface area (TPSA) is 32.3 Å². The van der Waals surface area contributed by atoms with Gasteiger partial charge < -0.3 is 5.32 Å². The summed E-state index contributed by atoms with van der Waals surface area (Å²) in [5.74, 6) is 0.0825. The molecule has 23 heavy (non-hydrogen) atoms. The summed E-state index contributed by atoms with van der Waals surface area (Å²) in [5, 5.41) is 7.43. The van der Waals surface area contributed by atoms with Gasteiger partial charge in [0.25, 0.3) is 0 Å². The predicted molar refractivity (Wildman–Crippen MR) is 97.0 cm³/mol. The molecule has 122 valence electrons. The van der Waals surface area contributed by atoms with Gasteiger partial charge in [0.2, 0.25) is 5.91 Å². The van der Waals surface area contributed by atoms with E-state index < -0.39 is 0 Å². The largest absolute Gasteiger partial charge is 0.324 e. The minimum absolute atomic E-state index is 0.0825. The predicted octanol–water partition coefficient (Wildman–Crippen LogP) is 4.53. The third kappa shape index (κ3) is 3.48. The van der Waals surface area contributed by atoms with Crippen molar-refractivity contribution >= 4 is 22.9 Å². The van der Waals surface area contributed by atoms with Crippen molar-refractivity contribution in [3.05, 3.63) is 51.7 Å². The second kappa shape index (κ2) is 6.85. The third-order valence-corrected chi connectivity index (χ3v) is 5.44. The van der Waals surface area contributed by atoms with Crippen molar-refractivity contribution in [2.45, 2.75) is 45.7 Å². The molecule has 3 rings (SSSR count). The van der Waals surface area contributed by atoms with Gasteiger partial charge in [0.1, 0.15) is 0 Å². The molecule has 4 heteroatoms. The maximum atomic E-state index is 12.7. The second-order valence-electron chi connectivity index (χ2n) is 6.44. The first-order valence-electron chi connectivity index (χ1n) is 8.22. The summed E-state index contributed by atoms with van der Waals surface area (Å²) in [6.45, 7) is 7.11. The zero-order valence-electron chi connectivity index (χ0n) is 14.0. The number of aryl methyl sites for hydroxylation is 2. The number of hydrogen-bond acceptors (Lipinski definition) is 3. The number of rotatable bonds is 4. The number of anilines is 1. The van der Waals surface area contributed by atoms with E-state index in [1.54, 1.807) is 11.3 Å². The quantitative estimate of drug-likeness (QED) is 0.894. The number of nitrogens with zero attached hydrogens (tertiary/aromatic N) is 1. The maximum absolute atomic E-state index is 12.7. The van der Waals surface area contributed by atoms with Gasteiger partial charge in [-0.1, -0.05) is 17.7 Å². The van der Waals surface area contributed by atoms with Gasteiger partial charge in [0.05, 0.1) is 6.04 Å². The molecule has 0 unspecified atom stereocenters. The van der Waals surface area contributed by atoms with E-state index in [-0.39, 0.29) is 11.9 Å². The molecule has 3 nitrogen and oxygen atoms in total. The fourth-order valence-corrected chi connectivity index (χ4v) is 4.12. The van der Waals surface area contributed by atoms with E-state index in [0.29, 0.717) is 6.04 Å². The Balaban J connectivity index is 1.71. The Morgan fingerprint density at radius 3 is 2.87 bits per heavy atom. The Bertz CT molecular complexity index is 681. The van der Waals surface area contributed by atoms with Crippen LogP contribution < -0.4 is 5.32 Å². The fraction of sp³-hybridized carbons (Fsp3) is 0.421. The monoisotopic (exact) mass is 328 g/mol. The number of hydrogen-bond donors (Lipinski definition) is 1. The highest BCUT2D eigenvalue weighted by Crippen LogP contribution is 2.34. The molecule has 1 amide bonds. The average Bonchev–Trinajstić information content (AvgIpc) is 3.19. The number of amides is 1. The van der Waals surface area contributed by atoms with Gasteiger partial charge in [-0.2, -0.15) is 11.3 Å². The van der Waals surface area contributed by atoms with Crippen LogP contribution in [0.25, 0.3) is 0 Å². The molecule has 0 bridgehead atoms. The smallest absolute Gasteiger partial charge is 0.241 e. The molecule has 0 saturated carbocycles. The Morgan fingerprint density at radius 1 is 1.35 bits per heavy atom. The highest BCUT2D eigenvalue weighted by Gasteiger charge is 2.33. The van der Waals surface area contributed by atoms with Crippen molar-refractivity contribution in [1.29, 1.82) is 0 Å². The molecular weight excluding hydrogens is 304 g/mol. The van der Waals surface area contributed by atoms with Gasteiger partial charge in [-0.25, -0.2) is 0 Å². The molecule has 1 fully saturated rings. The van der Waals surface area contributed by atoms with Gasteiger partial charge in [-0.15, -0.1) is 0 Å². The molecule has 2 heterocycles. The van der Waals surface area contributed by atoms with Gasteiger partial charge in [0, 0.05) is 11.7 Å². The Labute approximate surface area is 142 Å². The van der Waals surface area contributed by atoms with Crippen LogP contribution in [0, 0.1) is 13.8 Å². The summed E-state index contributed by atoms with van der Waals surface area (Å²) in [5.41, 5.74) is 4.59. The van der Waals surface area contributed by atoms with Crippen LogP contribution in [0.5, 0.6) is 0 Å². The van der Waals surface area contributed by atoms with E-state index in [9.17, 15) is 4.79 Å². The van der Waals surface area contributed by atoms with Crippen molar-refractivity contribution in [2.75, 3.05) is 11.9 Å². The van der Waals surface area contributed by atoms with Crippen molar-refractivity contribution in [3.63, 3.8) is 0 Å². The molecule has 2 atom stereocenters. The first kappa shape index (κ1) is 16.2. The minimum atomic E-state index is -0.122. The summed E-state index contributed by atoms with van der Waals surface area (Å²) < 4.78 is 0. The van der Waals surface area contributed by atoms with Crippen LogP contribution in [0.1, 0.15) is 42.5 Å². The maximum Gasteiger partial charge on any atom is 0.241 e. The summed E-state index contributed by atoms with van der Waals surface area (Å²) >= 11 is 1.73. The number of likely N-dealkylation sites (tertiary alicyclic amines) is 1. The van der Waals surface area contributed by atoms with Crippen molar-refractivity contribution in [2.24, 2.45) is 0 Å². The number of nitrogens with one attached hydrogen (secondary N) is 1. The SMILES string of the molecule is Cc1ccc(NC(=O)[C@@H](C)N2CCC[C@@H]2c2ccsc2)c(C)c1. The van der Waals surface area contributed by atoms with Gasteiger partial charge in [0.15, 0.2) is 0 Å². The Hall–Kier alpha value is -1.65. The van der Waals surface area contributed by atoms with E-state index in [2.05, 4.69) is 40.0 Å². The number of thiophene rings is 1. The zero-order chi connectivity index (χ0) is 16.4. The van der Waals surface area contributed by atoms with Crippen LogP contribution in [-0.2, 0) is 4.79 Å². The van der Waals surface area contributed by atoms with E-state index in [1.807, 2.05) is 26.0 Å². The summed E-state index contributed by atoms with van der Waals surface area (Å²) in [6.07, 6.45) is 2.29. The first-order valence-corrected chi connectivity index (χ1v) is 9.16. The van der Waals surface area contributed by atoms with Crippen molar-refractivity contribution < 1.29 is 4.79 Å². The first-order chi connectivity index (χ1) is 11.1. The van der Waals surface area contributed by atoms with Crippen molar-refractivity contribution in [1.82, 2.24) is 4.90 Å². The summed E-state index contributed by atoms with van der Waals surface area (Å²) in [4.78, 5) is 15.0. The Kier molecular flexibility index (Phi) is 4.83. The lowest BCUT2D eigenvalue weighted by Gasteiger charge is -2.29. The molecule has 2 aromatic rings. The fourth-order valence-electron chi connectivity index (χ4n) is 3.42. The molecule has 1 aliphatic rings. The van der Waals surface area contributed by atoms with Crippen LogP contribution in [0.4, 0.5) is 5.69 Å². The molecule has 1 aromatic carbocycles. The summed E-state index contributed by atoms with van der Waals surface area (Å²) in [7, 11) is 0. The van der Waals surface area contributed by atoms with Crippen molar-refractivity contribution in [3.8, 4) is 0 Å². The summed E-state index contributed by atoms with van der Waals surface area (Å²) in [6, 6.07) is 8.57. The van der Waals surface area contributed by atoms with E-state index in [4.69, 9.17) is 0 Å². The van der Waals surface area contributed by atoms with Gasteiger partial charge in [-0.05, 0) is 74.2 Å². The van der Waals surface area contributed by atoms with E-state index in [0.717, 1.165) is 30.6 Å². The van der Waals surface area contributed by atoms with Crippen LogP contribution in [-0.4, -0.2) is 23.4 Å². The molecule has 1 saturated heterocycles. The number of carbonyl (C=O) groups is 1. The number of carbonyl (C=O) groups excluding carboxylic acids is 1. The van der Waals surface area contributed by atoms with Crippen LogP contribution in [0.15, 0.2) is 35.0 Å². The molecule has 1 aliphatic heterocycles. The van der Waals surface area contributed by atoms with Crippen LogP contribution >= 0.6 is 11.3 Å². The molecule has 0 spiro atoms. The molecule has 0 aliphatic carbocycles. The van der Waals surface area contributed by atoms with E-state index in [1.165, 1.54) is 11.1 Å². The normalized spacial score (nSPS) is 19.7. The van der Waals surface area contributed by atoms with Gasteiger partial charge in [-0.3, -0.25) is 9.69 Å². The van der Waals surface area contributed by atoms with Crippen LogP contribution in [0.2, 0.25) is 0 Å². The molecule has 1 aromatic heterocycles. The number of benzene rings is 1. The lowest BCUT2D eigenvalue weighted by atomic mass is 10.1. The molecule has 1 N–H and O–H groups in total. The highest BCUT2D eigenvalue weighted by molar-refractivity contribution is 7.07. The third-order valence-electron chi connectivity index (χ3n) is 4.74. The zero-order valence-corrected chi connectivity index (χ0v) is 14.8. The molecule has 0 radical (unpaired) electrons. The molecular formula is C19H24N2OS. The standard InChI is InChI=1S/C19H24N2OS/c1-13-6-7-17(14(2)11-13)20-19(22)15(3)21-9-4-5-18(21)16-8-10-23-12-16/h6-8,10-12,15,18H,4-5,9H2,1-3H3,(H,20,22)/t15-,18-/m1/s1. The lowest BCUT2D eigenvalue weighted by Crippen LogP contribution is -2.41. The lowest BCUT2D eigenvalue weighted by molar-refractivity contribution is -0.121.